The van der Waals surface area contributed by atoms with Gasteiger partial charge >= 0.3 is 5.97 Å². The number of carboxylic acids is 1. The molecular weight excluding hydrogens is 206 g/mol. The standard InChI is InChI=1S/C12H17NO3/c13-11(9-16-7-6-12(14)15)8-10-4-2-1-3-5-10/h1-5,11H,6-9,13H2,(H,14,15). The van der Waals surface area contributed by atoms with Gasteiger partial charge in [-0.15, -0.1) is 0 Å². The molecule has 0 radical (unpaired) electrons. The predicted octanol–water partition coefficient (Wildman–Crippen LogP) is 1.05. The maximum absolute atomic E-state index is 10.2. The van der Waals surface area contributed by atoms with E-state index in [1.807, 2.05) is 30.3 Å². The van der Waals surface area contributed by atoms with E-state index in [0.717, 1.165) is 12.0 Å². The Morgan fingerprint density at radius 3 is 2.69 bits per heavy atom. The molecule has 0 saturated heterocycles. The molecular formula is C12H17NO3. The Balaban J connectivity index is 2.16. The first-order valence-corrected chi connectivity index (χ1v) is 5.27. The van der Waals surface area contributed by atoms with Gasteiger partial charge in [0.2, 0.25) is 0 Å². The van der Waals surface area contributed by atoms with E-state index >= 15 is 0 Å². The summed E-state index contributed by atoms with van der Waals surface area (Å²) in [5.74, 6) is -0.850. The molecule has 1 unspecified atom stereocenters. The largest absolute Gasteiger partial charge is 0.481 e. The van der Waals surface area contributed by atoms with Gasteiger partial charge in [0.25, 0.3) is 0 Å². The smallest absolute Gasteiger partial charge is 0.305 e. The van der Waals surface area contributed by atoms with Gasteiger partial charge in [-0.3, -0.25) is 4.79 Å². The van der Waals surface area contributed by atoms with Gasteiger partial charge < -0.3 is 15.6 Å². The van der Waals surface area contributed by atoms with Crippen molar-refractivity contribution in [2.45, 2.75) is 18.9 Å². The second-order valence-electron chi connectivity index (χ2n) is 3.67. The van der Waals surface area contributed by atoms with Gasteiger partial charge in [-0.25, -0.2) is 0 Å². The minimum absolute atomic E-state index is 0.0259. The van der Waals surface area contributed by atoms with E-state index in [9.17, 15) is 4.79 Å². The molecule has 1 rings (SSSR count). The fraction of sp³-hybridized carbons (Fsp3) is 0.417. The number of hydrogen-bond acceptors (Lipinski definition) is 3. The topological polar surface area (TPSA) is 72.5 Å². The molecule has 1 atom stereocenters. The first-order valence-electron chi connectivity index (χ1n) is 5.27. The maximum atomic E-state index is 10.2. The summed E-state index contributed by atoms with van der Waals surface area (Å²) >= 11 is 0. The summed E-state index contributed by atoms with van der Waals surface area (Å²) in [6.45, 7) is 0.611. The highest BCUT2D eigenvalue weighted by Crippen LogP contribution is 2.02. The van der Waals surface area contributed by atoms with E-state index in [1.54, 1.807) is 0 Å². The van der Waals surface area contributed by atoms with Crippen molar-refractivity contribution in [2.24, 2.45) is 5.73 Å². The first kappa shape index (κ1) is 12.7. The summed E-state index contributed by atoms with van der Waals surface area (Å²) < 4.78 is 5.17. The second-order valence-corrected chi connectivity index (χ2v) is 3.67. The van der Waals surface area contributed by atoms with E-state index in [4.69, 9.17) is 15.6 Å². The van der Waals surface area contributed by atoms with Crippen molar-refractivity contribution in [2.75, 3.05) is 13.2 Å². The van der Waals surface area contributed by atoms with Gasteiger partial charge in [-0.1, -0.05) is 30.3 Å². The van der Waals surface area contributed by atoms with Crippen molar-refractivity contribution in [3.63, 3.8) is 0 Å². The van der Waals surface area contributed by atoms with Crippen molar-refractivity contribution >= 4 is 5.97 Å². The maximum Gasteiger partial charge on any atom is 0.305 e. The lowest BCUT2D eigenvalue weighted by molar-refractivity contribution is -0.138. The molecule has 0 spiro atoms. The molecule has 3 N–H and O–H groups in total. The molecule has 0 aliphatic rings. The number of rotatable bonds is 7. The monoisotopic (exact) mass is 223 g/mol. The first-order chi connectivity index (χ1) is 7.68. The Morgan fingerprint density at radius 2 is 2.06 bits per heavy atom. The van der Waals surface area contributed by atoms with Crippen LogP contribution in [0.4, 0.5) is 0 Å². The Bertz CT molecular complexity index is 313. The summed E-state index contributed by atoms with van der Waals surface area (Å²) in [6.07, 6.45) is 0.770. The molecule has 0 bridgehead atoms. The van der Waals surface area contributed by atoms with Crippen molar-refractivity contribution < 1.29 is 14.6 Å². The average Bonchev–Trinajstić information content (AvgIpc) is 2.25. The van der Waals surface area contributed by atoms with Crippen molar-refractivity contribution in [1.82, 2.24) is 0 Å². The molecule has 4 heteroatoms. The Labute approximate surface area is 95.0 Å². The third-order valence-corrected chi connectivity index (χ3v) is 2.13. The zero-order valence-corrected chi connectivity index (χ0v) is 9.13. The molecule has 4 nitrogen and oxygen atoms in total. The molecule has 88 valence electrons. The van der Waals surface area contributed by atoms with Crippen LogP contribution in [0.1, 0.15) is 12.0 Å². The quantitative estimate of drug-likeness (QED) is 0.678. The van der Waals surface area contributed by atoms with Gasteiger partial charge in [0, 0.05) is 6.04 Å². The average molecular weight is 223 g/mol. The van der Waals surface area contributed by atoms with Crippen LogP contribution in [0, 0.1) is 0 Å². The number of hydrogen-bond donors (Lipinski definition) is 2. The Kier molecular flexibility index (Phi) is 5.53. The molecule has 0 fully saturated rings. The lowest BCUT2D eigenvalue weighted by Crippen LogP contribution is -2.29. The van der Waals surface area contributed by atoms with Crippen LogP contribution < -0.4 is 5.73 Å². The molecule has 0 aromatic heterocycles. The fourth-order valence-electron chi connectivity index (χ4n) is 1.37. The van der Waals surface area contributed by atoms with Gasteiger partial charge in [0.1, 0.15) is 0 Å². The lowest BCUT2D eigenvalue weighted by Gasteiger charge is -2.11. The number of carboxylic acid groups (broad SMARTS) is 1. The minimum Gasteiger partial charge on any atom is -0.481 e. The van der Waals surface area contributed by atoms with Crippen LogP contribution in [-0.4, -0.2) is 30.3 Å². The Morgan fingerprint density at radius 1 is 1.38 bits per heavy atom. The fourth-order valence-corrected chi connectivity index (χ4v) is 1.37. The van der Waals surface area contributed by atoms with E-state index in [2.05, 4.69) is 0 Å². The van der Waals surface area contributed by atoms with Crippen molar-refractivity contribution in [3.8, 4) is 0 Å². The highest BCUT2D eigenvalue weighted by Gasteiger charge is 2.04. The minimum atomic E-state index is -0.850. The van der Waals surface area contributed by atoms with E-state index in [1.165, 1.54) is 0 Å². The number of carbonyl (C=O) groups is 1. The van der Waals surface area contributed by atoms with Gasteiger partial charge in [-0.05, 0) is 12.0 Å². The summed E-state index contributed by atoms with van der Waals surface area (Å²) in [4.78, 5) is 10.2. The molecule has 1 aromatic rings. The van der Waals surface area contributed by atoms with Gasteiger partial charge in [-0.2, -0.15) is 0 Å². The molecule has 0 saturated carbocycles. The van der Waals surface area contributed by atoms with Gasteiger partial charge in [0.15, 0.2) is 0 Å². The molecule has 0 heterocycles. The molecule has 0 amide bonds. The van der Waals surface area contributed by atoms with Crippen molar-refractivity contribution in [1.29, 1.82) is 0 Å². The van der Waals surface area contributed by atoms with Crippen LogP contribution in [0.2, 0.25) is 0 Å². The highest BCUT2D eigenvalue weighted by molar-refractivity contribution is 5.66. The zero-order valence-electron chi connectivity index (χ0n) is 9.13. The Hall–Kier alpha value is -1.39. The van der Waals surface area contributed by atoms with Crippen LogP contribution in [0.5, 0.6) is 0 Å². The summed E-state index contributed by atoms with van der Waals surface area (Å²) in [5.41, 5.74) is 7.01. The van der Waals surface area contributed by atoms with Crippen LogP contribution in [0.3, 0.4) is 0 Å². The number of nitrogens with two attached hydrogens (primary N) is 1. The predicted molar refractivity (Wildman–Crippen MR) is 61.2 cm³/mol. The SMILES string of the molecule is NC(COCCC(=O)O)Cc1ccccc1. The summed E-state index contributed by atoms with van der Waals surface area (Å²) in [7, 11) is 0. The number of aliphatic carboxylic acids is 1. The van der Waals surface area contributed by atoms with E-state index < -0.39 is 5.97 Å². The van der Waals surface area contributed by atoms with Gasteiger partial charge in [0.05, 0.1) is 19.6 Å². The molecule has 1 aromatic carbocycles. The second kappa shape index (κ2) is 6.98. The normalized spacial score (nSPS) is 12.3. The van der Waals surface area contributed by atoms with Crippen LogP contribution in [-0.2, 0) is 16.0 Å². The van der Waals surface area contributed by atoms with E-state index in [-0.39, 0.29) is 19.1 Å². The molecule has 16 heavy (non-hydrogen) atoms. The summed E-state index contributed by atoms with van der Waals surface area (Å²) in [6, 6.07) is 9.82. The molecule has 0 aliphatic carbocycles. The van der Waals surface area contributed by atoms with Crippen molar-refractivity contribution in [3.05, 3.63) is 35.9 Å². The van der Waals surface area contributed by atoms with Crippen LogP contribution >= 0.6 is 0 Å². The lowest BCUT2D eigenvalue weighted by atomic mass is 10.1. The van der Waals surface area contributed by atoms with E-state index in [0.29, 0.717) is 6.61 Å². The molecule has 0 aliphatic heterocycles. The van der Waals surface area contributed by atoms with Crippen LogP contribution in [0.25, 0.3) is 0 Å². The number of ether oxygens (including phenoxy) is 1. The summed E-state index contributed by atoms with van der Waals surface area (Å²) in [5, 5.41) is 8.40. The third-order valence-electron chi connectivity index (χ3n) is 2.13. The zero-order chi connectivity index (χ0) is 11.8. The van der Waals surface area contributed by atoms with Crippen LogP contribution in [0.15, 0.2) is 30.3 Å². The highest BCUT2D eigenvalue weighted by atomic mass is 16.5. The number of benzene rings is 1. The third kappa shape index (κ3) is 5.48.